The van der Waals surface area contributed by atoms with Crippen molar-refractivity contribution in [1.82, 2.24) is 10.2 Å². The number of ether oxygens (including phenoxy) is 1. The zero-order valence-corrected chi connectivity index (χ0v) is 14.7. The molecule has 0 spiro atoms. The van der Waals surface area contributed by atoms with Gasteiger partial charge in [0.15, 0.2) is 0 Å². The van der Waals surface area contributed by atoms with E-state index in [0.717, 1.165) is 31.8 Å². The van der Waals surface area contributed by atoms with Gasteiger partial charge in [0.1, 0.15) is 5.60 Å². The number of carbonyl (C=O) groups excluding carboxylic acids is 1. The molecule has 4 nitrogen and oxygen atoms in total. The minimum atomic E-state index is -0.418. The largest absolute Gasteiger partial charge is 0.444 e. The second-order valence-corrected chi connectivity index (χ2v) is 8.45. The van der Waals surface area contributed by atoms with Gasteiger partial charge in [0.2, 0.25) is 0 Å². The Bertz CT molecular complexity index is 351. The van der Waals surface area contributed by atoms with Crippen molar-refractivity contribution >= 4 is 17.9 Å². The first-order valence-electron chi connectivity index (χ1n) is 8.17. The van der Waals surface area contributed by atoms with Crippen LogP contribution in [0, 0.1) is 5.92 Å². The maximum atomic E-state index is 12.3. The molecule has 1 amide bonds. The summed E-state index contributed by atoms with van der Waals surface area (Å²) in [4.78, 5) is 14.2. The number of thioether (sulfide) groups is 1. The number of rotatable bonds is 3. The first-order chi connectivity index (χ1) is 9.87. The highest BCUT2D eigenvalue weighted by Gasteiger charge is 2.33. The smallest absolute Gasteiger partial charge is 0.410 e. The predicted molar refractivity (Wildman–Crippen MR) is 88.9 cm³/mol. The van der Waals surface area contributed by atoms with Crippen molar-refractivity contribution in [3.05, 3.63) is 0 Å². The summed E-state index contributed by atoms with van der Waals surface area (Å²) in [7, 11) is 0. The van der Waals surface area contributed by atoms with E-state index in [4.69, 9.17) is 4.74 Å². The summed E-state index contributed by atoms with van der Waals surface area (Å²) < 4.78 is 5.53. The van der Waals surface area contributed by atoms with E-state index in [1.54, 1.807) is 0 Å². The standard InChI is InChI=1S/C16H30N2O2S/c1-12-14(17-10-13-7-9-21-11-13)6-5-8-18(12)15(19)20-16(2,3)4/h12-14,17H,5-11H2,1-4H3. The molecule has 2 heterocycles. The first-order valence-corrected chi connectivity index (χ1v) is 9.33. The Kier molecular flexibility index (Phi) is 5.83. The topological polar surface area (TPSA) is 41.6 Å². The van der Waals surface area contributed by atoms with Crippen molar-refractivity contribution in [2.24, 2.45) is 5.92 Å². The third-order valence-corrected chi connectivity index (χ3v) is 5.54. The number of carbonyl (C=O) groups is 1. The molecule has 0 aromatic rings. The maximum Gasteiger partial charge on any atom is 0.410 e. The van der Waals surface area contributed by atoms with E-state index in [-0.39, 0.29) is 12.1 Å². The number of nitrogens with zero attached hydrogens (tertiary/aromatic N) is 1. The highest BCUT2D eigenvalue weighted by atomic mass is 32.2. The molecular weight excluding hydrogens is 284 g/mol. The summed E-state index contributed by atoms with van der Waals surface area (Å²) in [5.41, 5.74) is -0.418. The van der Waals surface area contributed by atoms with Crippen molar-refractivity contribution in [3.8, 4) is 0 Å². The van der Waals surface area contributed by atoms with Crippen LogP contribution in [0.2, 0.25) is 0 Å². The number of hydrogen-bond donors (Lipinski definition) is 1. The van der Waals surface area contributed by atoms with Gasteiger partial charge in [-0.1, -0.05) is 0 Å². The molecule has 0 bridgehead atoms. The minimum Gasteiger partial charge on any atom is -0.444 e. The molecule has 0 saturated carbocycles. The second kappa shape index (κ2) is 7.23. The molecule has 3 unspecified atom stereocenters. The SMILES string of the molecule is CC1C(NCC2CCSC2)CCCN1C(=O)OC(C)(C)C. The summed E-state index contributed by atoms with van der Waals surface area (Å²) in [6, 6.07) is 0.611. The summed E-state index contributed by atoms with van der Waals surface area (Å²) in [5, 5.41) is 3.70. The van der Waals surface area contributed by atoms with Crippen LogP contribution in [0.5, 0.6) is 0 Å². The van der Waals surface area contributed by atoms with Crippen molar-refractivity contribution in [2.45, 2.75) is 64.6 Å². The highest BCUT2D eigenvalue weighted by molar-refractivity contribution is 7.99. The summed E-state index contributed by atoms with van der Waals surface area (Å²) >= 11 is 2.06. The number of hydrogen-bond acceptors (Lipinski definition) is 4. The van der Waals surface area contributed by atoms with Crippen LogP contribution in [0.15, 0.2) is 0 Å². The van der Waals surface area contributed by atoms with Gasteiger partial charge in [0, 0.05) is 18.6 Å². The Hall–Kier alpha value is -0.420. The van der Waals surface area contributed by atoms with Crippen LogP contribution in [-0.4, -0.2) is 53.3 Å². The average molecular weight is 314 g/mol. The van der Waals surface area contributed by atoms with Gasteiger partial charge in [-0.05, 0) is 70.9 Å². The van der Waals surface area contributed by atoms with Gasteiger partial charge < -0.3 is 15.0 Å². The molecule has 5 heteroatoms. The fourth-order valence-corrected chi connectivity index (χ4v) is 4.34. The number of likely N-dealkylation sites (tertiary alicyclic amines) is 1. The van der Waals surface area contributed by atoms with Crippen molar-refractivity contribution in [1.29, 1.82) is 0 Å². The van der Waals surface area contributed by atoms with Gasteiger partial charge in [-0.2, -0.15) is 11.8 Å². The minimum absolute atomic E-state index is 0.169. The third-order valence-electron chi connectivity index (χ3n) is 4.31. The Morgan fingerprint density at radius 2 is 2.14 bits per heavy atom. The van der Waals surface area contributed by atoms with E-state index in [1.165, 1.54) is 17.9 Å². The van der Waals surface area contributed by atoms with Crippen molar-refractivity contribution in [2.75, 3.05) is 24.6 Å². The molecular formula is C16H30N2O2S. The monoisotopic (exact) mass is 314 g/mol. The van der Waals surface area contributed by atoms with E-state index < -0.39 is 5.60 Å². The number of piperidine rings is 1. The Labute approximate surface area is 133 Å². The normalized spacial score (nSPS) is 30.5. The van der Waals surface area contributed by atoms with E-state index in [1.807, 2.05) is 25.7 Å². The van der Waals surface area contributed by atoms with Crippen molar-refractivity contribution in [3.63, 3.8) is 0 Å². The Balaban J connectivity index is 1.84. The van der Waals surface area contributed by atoms with Crippen LogP contribution in [0.4, 0.5) is 4.79 Å². The van der Waals surface area contributed by atoms with E-state index >= 15 is 0 Å². The summed E-state index contributed by atoms with van der Waals surface area (Å²) in [6.45, 7) is 9.81. The molecule has 122 valence electrons. The zero-order chi connectivity index (χ0) is 15.5. The molecule has 2 fully saturated rings. The zero-order valence-electron chi connectivity index (χ0n) is 13.9. The lowest BCUT2D eigenvalue weighted by atomic mass is 9.97. The fraction of sp³-hybridized carbons (Fsp3) is 0.938. The average Bonchev–Trinajstić information content (AvgIpc) is 2.88. The van der Waals surface area contributed by atoms with Gasteiger partial charge in [-0.15, -0.1) is 0 Å². The van der Waals surface area contributed by atoms with Crippen LogP contribution in [0.3, 0.4) is 0 Å². The first kappa shape index (κ1) is 16.9. The molecule has 2 rings (SSSR count). The Morgan fingerprint density at radius 3 is 2.76 bits per heavy atom. The molecule has 3 atom stereocenters. The molecule has 21 heavy (non-hydrogen) atoms. The number of nitrogens with one attached hydrogen (secondary N) is 1. The van der Waals surface area contributed by atoms with E-state index in [2.05, 4.69) is 24.0 Å². The quantitative estimate of drug-likeness (QED) is 0.869. The van der Waals surface area contributed by atoms with Gasteiger partial charge >= 0.3 is 6.09 Å². The summed E-state index contributed by atoms with van der Waals surface area (Å²) in [5.74, 6) is 3.39. The van der Waals surface area contributed by atoms with Crippen LogP contribution < -0.4 is 5.32 Å². The molecule has 0 aromatic heterocycles. The molecule has 1 N–H and O–H groups in total. The molecule has 0 radical (unpaired) electrons. The number of amides is 1. The lowest BCUT2D eigenvalue weighted by molar-refractivity contribution is 0.00693. The lowest BCUT2D eigenvalue weighted by Crippen LogP contribution is -2.56. The van der Waals surface area contributed by atoms with Gasteiger partial charge in [-0.25, -0.2) is 4.79 Å². The van der Waals surface area contributed by atoms with Gasteiger partial charge in [0.05, 0.1) is 0 Å². The van der Waals surface area contributed by atoms with Gasteiger partial charge in [0.25, 0.3) is 0 Å². The molecule has 0 aliphatic carbocycles. The molecule has 2 saturated heterocycles. The van der Waals surface area contributed by atoms with E-state index in [0.29, 0.717) is 6.04 Å². The lowest BCUT2D eigenvalue weighted by Gasteiger charge is -2.40. The maximum absolute atomic E-state index is 12.3. The van der Waals surface area contributed by atoms with Gasteiger partial charge in [-0.3, -0.25) is 0 Å². The predicted octanol–water partition coefficient (Wildman–Crippen LogP) is 3.12. The fourth-order valence-electron chi connectivity index (χ4n) is 3.06. The van der Waals surface area contributed by atoms with Crippen molar-refractivity contribution < 1.29 is 9.53 Å². The third kappa shape index (κ3) is 5.06. The Morgan fingerprint density at radius 1 is 1.38 bits per heavy atom. The van der Waals surface area contributed by atoms with Crippen LogP contribution in [0.25, 0.3) is 0 Å². The van der Waals surface area contributed by atoms with Crippen LogP contribution in [0.1, 0.15) is 47.0 Å². The van der Waals surface area contributed by atoms with Crippen LogP contribution >= 0.6 is 11.8 Å². The molecule has 0 aromatic carbocycles. The van der Waals surface area contributed by atoms with Crippen LogP contribution in [-0.2, 0) is 4.74 Å². The second-order valence-electron chi connectivity index (χ2n) is 7.30. The molecule has 2 aliphatic heterocycles. The molecule has 2 aliphatic rings. The highest BCUT2D eigenvalue weighted by Crippen LogP contribution is 2.24. The van der Waals surface area contributed by atoms with E-state index in [9.17, 15) is 4.79 Å². The summed E-state index contributed by atoms with van der Waals surface area (Å²) in [6.07, 6.45) is 3.37.